The van der Waals surface area contributed by atoms with E-state index in [1.807, 2.05) is 0 Å². The first-order valence-corrected chi connectivity index (χ1v) is 6.73. The van der Waals surface area contributed by atoms with Crippen molar-refractivity contribution < 1.29 is 0 Å². The molecule has 0 amide bonds. The minimum atomic E-state index is 0.921. The van der Waals surface area contributed by atoms with Crippen molar-refractivity contribution in [2.24, 2.45) is 18.9 Å². The molecule has 2 nitrogen and oxygen atoms in total. The van der Waals surface area contributed by atoms with Gasteiger partial charge in [-0.15, -0.1) is 0 Å². The van der Waals surface area contributed by atoms with Gasteiger partial charge >= 0.3 is 0 Å². The van der Waals surface area contributed by atoms with E-state index in [1.54, 1.807) is 0 Å². The van der Waals surface area contributed by atoms with Crippen molar-refractivity contribution in [1.29, 1.82) is 0 Å². The summed E-state index contributed by atoms with van der Waals surface area (Å²) >= 11 is 3.73. The lowest BCUT2D eigenvalue weighted by Crippen LogP contribution is -1.99. The van der Waals surface area contributed by atoms with Crippen LogP contribution in [0.2, 0.25) is 0 Å². The summed E-state index contributed by atoms with van der Waals surface area (Å²) in [7, 11) is 2.08. The summed E-state index contributed by atoms with van der Waals surface area (Å²) in [5.41, 5.74) is 2.70. The second-order valence-corrected chi connectivity index (χ2v) is 5.92. The molecule has 0 radical (unpaired) electrons. The molecule has 82 valence electrons. The topological polar surface area (TPSA) is 17.8 Å². The smallest absolute Gasteiger partial charge is 0.0772 e. The fourth-order valence-corrected chi connectivity index (χ4v) is 2.80. The third kappa shape index (κ3) is 2.12. The molecule has 2 aliphatic rings. The Hall–Kier alpha value is -0.310. The van der Waals surface area contributed by atoms with Crippen molar-refractivity contribution in [2.75, 3.05) is 0 Å². The van der Waals surface area contributed by atoms with Crippen molar-refractivity contribution in [3.05, 3.63) is 15.9 Å². The number of halogens is 1. The molecule has 0 bridgehead atoms. The predicted octanol–water partition coefficient (Wildman–Crippen LogP) is 3.09. The van der Waals surface area contributed by atoms with Crippen LogP contribution in [0.15, 0.2) is 4.47 Å². The highest BCUT2D eigenvalue weighted by Crippen LogP contribution is 2.38. The quantitative estimate of drug-likeness (QED) is 0.821. The molecule has 0 spiro atoms. The van der Waals surface area contributed by atoms with Crippen LogP contribution < -0.4 is 0 Å². The van der Waals surface area contributed by atoms with Crippen molar-refractivity contribution in [3.8, 4) is 0 Å². The van der Waals surface area contributed by atoms with Gasteiger partial charge in [0, 0.05) is 7.05 Å². The highest BCUT2D eigenvalue weighted by molar-refractivity contribution is 9.10. The Labute approximate surface area is 99.2 Å². The summed E-state index contributed by atoms with van der Waals surface area (Å²) in [6.07, 6.45) is 8.03. The van der Waals surface area contributed by atoms with E-state index in [-0.39, 0.29) is 0 Å². The molecule has 0 unspecified atom stereocenters. The van der Waals surface area contributed by atoms with Crippen LogP contribution in [-0.2, 0) is 19.9 Å². The highest BCUT2D eigenvalue weighted by Gasteiger charge is 2.28. The van der Waals surface area contributed by atoms with Gasteiger partial charge in [0.1, 0.15) is 0 Å². The molecule has 3 rings (SSSR count). The van der Waals surface area contributed by atoms with Gasteiger partial charge in [-0.1, -0.05) is 0 Å². The van der Waals surface area contributed by atoms with Gasteiger partial charge in [0.25, 0.3) is 0 Å². The predicted molar refractivity (Wildman–Crippen MR) is 63.8 cm³/mol. The summed E-state index contributed by atoms with van der Waals surface area (Å²) in [4.78, 5) is 0. The second-order valence-electron chi connectivity index (χ2n) is 5.13. The number of aryl methyl sites for hydroxylation is 1. The third-order valence-corrected chi connectivity index (χ3v) is 4.44. The fourth-order valence-electron chi connectivity index (χ4n) is 2.14. The maximum Gasteiger partial charge on any atom is 0.0772 e. The summed E-state index contributed by atoms with van der Waals surface area (Å²) < 4.78 is 3.38. The van der Waals surface area contributed by atoms with E-state index in [0.29, 0.717) is 0 Å². The van der Waals surface area contributed by atoms with Crippen LogP contribution in [0.3, 0.4) is 0 Å². The molecule has 0 N–H and O–H groups in total. The van der Waals surface area contributed by atoms with Crippen LogP contribution in [0.4, 0.5) is 0 Å². The van der Waals surface area contributed by atoms with E-state index in [1.165, 1.54) is 54.4 Å². The van der Waals surface area contributed by atoms with Crippen LogP contribution in [0.25, 0.3) is 0 Å². The van der Waals surface area contributed by atoms with Crippen LogP contribution >= 0.6 is 15.9 Å². The van der Waals surface area contributed by atoms with Crippen LogP contribution in [0.5, 0.6) is 0 Å². The Kier molecular flexibility index (Phi) is 2.38. The lowest BCUT2D eigenvalue weighted by Gasteiger charge is -2.00. The molecule has 1 aromatic heterocycles. The zero-order valence-corrected chi connectivity index (χ0v) is 10.8. The molecule has 0 aliphatic heterocycles. The lowest BCUT2D eigenvalue weighted by atomic mass is 10.1. The maximum atomic E-state index is 4.64. The molecule has 2 fully saturated rings. The minimum Gasteiger partial charge on any atom is -0.271 e. The van der Waals surface area contributed by atoms with Gasteiger partial charge in [-0.2, -0.15) is 5.10 Å². The van der Waals surface area contributed by atoms with Gasteiger partial charge in [-0.3, -0.25) is 4.68 Å². The minimum absolute atomic E-state index is 0.921. The molecule has 0 saturated heterocycles. The largest absolute Gasteiger partial charge is 0.271 e. The third-order valence-electron chi connectivity index (χ3n) is 3.53. The molecule has 0 atom stereocenters. The number of hydrogen-bond acceptors (Lipinski definition) is 1. The van der Waals surface area contributed by atoms with Crippen molar-refractivity contribution in [1.82, 2.24) is 9.78 Å². The van der Waals surface area contributed by atoms with Gasteiger partial charge in [-0.05, 0) is 66.3 Å². The molecule has 1 heterocycles. The first-order valence-electron chi connectivity index (χ1n) is 5.94. The first kappa shape index (κ1) is 9.88. The zero-order chi connectivity index (χ0) is 10.4. The lowest BCUT2D eigenvalue weighted by molar-refractivity contribution is 0.661. The normalized spacial score (nSPS) is 20.9. The molecule has 2 saturated carbocycles. The molecular formula is C12H17BrN2. The first-order chi connectivity index (χ1) is 7.24. The Morgan fingerprint density at radius 3 is 2.40 bits per heavy atom. The fraction of sp³-hybridized carbons (Fsp3) is 0.750. The standard InChI is InChI=1S/C12H17BrN2/c1-15-11(7-9-4-5-9)12(13)10(14-15)6-8-2-3-8/h8-9H,2-7H2,1H3. The van der Waals surface area contributed by atoms with Gasteiger partial charge < -0.3 is 0 Å². The zero-order valence-electron chi connectivity index (χ0n) is 9.17. The Morgan fingerprint density at radius 1 is 1.20 bits per heavy atom. The highest BCUT2D eigenvalue weighted by atomic mass is 79.9. The van der Waals surface area contributed by atoms with Gasteiger partial charge in [-0.25, -0.2) is 0 Å². The van der Waals surface area contributed by atoms with Crippen LogP contribution in [-0.4, -0.2) is 9.78 Å². The van der Waals surface area contributed by atoms with Crippen molar-refractivity contribution in [2.45, 2.75) is 38.5 Å². The number of aromatic nitrogens is 2. The molecular weight excluding hydrogens is 252 g/mol. The van der Waals surface area contributed by atoms with E-state index in [9.17, 15) is 0 Å². The van der Waals surface area contributed by atoms with Gasteiger partial charge in [0.2, 0.25) is 0 Å². The average Bonchev–Trinajstić information content (AvgIpc) is 3.06. The number of rotatable bonds is 4. The Morgan fingerprint density at radius 2 is 1.80 bits per heavy atom. The van der Waals surface area contributed by atoms with E-state index < -0.39 is 0 Å². The summed E-state index contributed by atoms with van der Waals surface area (Å²) in [6.45, 7) is 0. The maximum absolute atomic E-state index is 4.64. The average molecular weight is 269 g/mol. The summed E-state index contributed by atoms with van der Waals surface area (Å²) in [5, 5.41) is 4.64. The number of hydrogen-bond donors (Lipinski definition) is 0. The van der Waals surface area contributed by atoms with Crippen LogP contribution in [0.1, 0.15) is 37.1 Å². The molecule has 2 aliphatic carbocycles. The summed E-state index contributed by atoms with van der Waals surface area (Å²) in [5.74, 6) is 1.86. The molecule has 15 heavy (non-hydrogen) atoms. The van der Waals surface area contributed by atoms with E-state index in [0.717, 1.165) is 11.8 Å². The summed E-state index contributed by atoms with van der Waals surface area (Å²) in [6, 6.07) is 0. The Bertz CT molecular complexity index is 375. The SMILES string of the molecule is Cn1nc(CC2CC2)c(Br)c1CC1CC1. The van der Waals surface area contributed by atoms with Crippen LogP contribution in [0, 0.1) is 11.8 Å². The van der Waals surface area contributed by atoms with E-state index >= 15 is 0 Å². The van der Waals surface area contributed by atoms with Gasteiger partial charge in [0.05, 0.1) is 15.9 Å². The Balaban J connectivity index is 1.81. The van der Waals surface area contributed by atoms with E-state index in [2.05, 4.69) is 32.8 Å². The monoisotopic (exact) mass is 268 g/mol. The molecule has 0 aromatic carbocycles. The van der Waals surface area contributed by atoms with Gasteiger partial charge in [0.15, 0.2) is 0 Å². The van der Waals surface area contributed by atoms with E-state index in [4.69, 9.17) is 0 Å². The second kappa shape index (κ2) is 3.62. The molecule has 3 heteroatoms. The molecule has 1 aromatic rings. The van der Waals surface area contributed by atoms with Crippen molar-refractivity contribution in [3.63, 3.8) is 0 Å². The number of nitrogens with zero attached hydrogens (tertiary/aromatic N) is 2. The van der Waals surface area contributed by atoms with Crippen molar-refractivity contribution >= 4 is 15.9 Å².